The highest BCUT2D eigenvalue weighted by molar-refractivity contribution is 5.77. The second-order valence-electron chi connectivity index (χ2n) is 3.95. The van der Waals surface area contributed by atoms with Gasteiger partial charge in [0, 0.05) is 19.2 Å². The van der Waals surface area contributed by atoms with Crippen molar-refractivity contribution in [2.45, 2.75) is 19.9 Å². The number of hydrogen-bond acceptors (Lipinski definition) is 3. The molecular weight excluding hydrogens is 204 g/mol. The van der Waals surface area contributed by atoms with Crippen molar-refractivity contribution in [1.82, 2.24) is 9.55 Å². The molecule has 0 aliphatic rings. The molecule has 16 heavy (non-hydrogen) atoms. The van der Waals surface area contributed by atoms with Crippen LogP contribution in [0.25, 0.3) is 11.0 Å². The molecule has 0 bridgehead atoms. The van der Waals surface area contributed by atoms with Gasteiger partial charge in [0.25, 0.3) is 0 Å². The molecule has 4 nitrogen and oxygen atoms in total. The number of aromatic nitrogens is 2. The van der Waals surface area contributed by atoms with Crippen molar-refractivity contribution in [1.29, 1.82) is 0 Å². The van der Waals surface area contributed by atoms with E-state index in [2.05, 4.69) is 23.4 Å². The molecule has 2 aromatic rings. The molecule has 0 atom stereocenters. The first kappa shape index (κ1) is 11.0. The van der Waals surface area contributed by atoms with Gasteiger partial charge in [-0.1, -0.05) is 0 Å². The zero-order valence-corrected chi connectivity index (χ0v) is 9.80. The molecule has 0 radical (unpaired) electrons. The van der Waals surface area contributed by atoms with Crippen LogP contribution in [-0.2, 0) is 4.74 Å². The number of methoxy groups -OCH3 is 1. The van der Waals surface area contributed by atoms with E-state index in [1.165, 1.54) is 0 Å². The second kappa shape index (κ2) is 4.53. The van der Waals surface area contributed by atoms with E-state index in [1.54, 1.807) is 7.11 Å². The van der Waals surface area contributed by atoms with Gasteiger partial charge in [-0.05, 0) is 26.0 Å². The Morgan fingerprint density at radius 2 is 2.19 bits per heavy atom. The molecule has 1 aromatic carbocycles. The standard InChI is InChI=1S/C12H16N2O2/c1-9(2)14-7-13-11-5-4-10(6-12(11)14)16-8-15-3/h4-7,9H,8H2,1-3H3. The quantitative estimate of drug-likeness (QED) is 0.743. The third-order valence-corrected chi connectivity index (χ3v) is 2.45. The van der Waals surface area contributed by atoms with Crippen molar-refractivity contribution >= 4 is 11.0 Å². The highest BCUT2D eigenvalue weighted by Gasteiger charge is 2.06. The maximum atomic E-state index is 5.40. The van der Waals surface area contributed by atoms with E-state index >= 15 is 0 Å². The Hall–Kier alpha value is -1.55. The fraction of sp³-hybridized carbons (Fsp3) is 0.417. The maximum Gasteiger partial charge on any atom is 0.188 e. The molecule has 0 aliphatic heterocycles. The first-order valence-corrected chi connectivity index (χ1v) is 5.30. The SMILES string of the molecule is COCOc1ccc2ncn(C(C)C)c2c1. The van der Waals surface area contributed by atoms with Crippen LogP contribution in [0.4, 0.5) is 0 Å². The summed E-state index contributed by atoms with van der Waals surface area (Å²) in [5.74, 6) is 0.803. The van der Waals surface area contributed by atoms with Crippen LogP contribution in [0.3, 0.4) is 0 Å². The van der Waals surface area contributed by atoms with Crippen molar-refractivity contribution in [3.05, 3.63) is 24.5 Å². The molecule has 0 spiro atoms. The summed E-state index contributed by atoms with van der Waals surface area (Å²) in [5, 5.41) is 0. The number of imidazole rings is 1. The van der Waals surface area contributed by atoms with Crippen LogP contribution in [0.15, 0.2) is 24.5 Å². The highest BCUT2D eigenvalue weighted by Crippen LogP contribution is 2.22. The van der Waals surface area contributed by atoms with E-state index in [1.807, 2.05) is 24.5 Å². The van der Waals surface area contributed by atoms with Gasteiger partial charge in [0.05, 0.1) is 17.4 Å². The van der Waals surface area contributed by atoms with E-state index in [-0.39, 0.29) is 6.79 Å². The van der Waals surface area contributed by atoms with Gasteiger partial charge in [-0.15, -0.1) is 0 Å². The summed E-state index contributed by atoms with van der Waals surface area (Å²) in [6.07, 6.45) is 1.86. The Bertz CT molecular complexity index is 477. The molecule has 86 valence electrons. The molecule has 0 unspecified atom stereocenters. The van der Waals surface area contributed by atoms with Crippen molar-refractivity contribution in [2.75, 3.05) is 13.9 Å². The van der Waals surface area contributed by atoms with Gasteiger partial charge in [0.15, 0.2) is 6.79 Å². The largest absolute Gasteiger partial charge is 0.467 e. The number of nitrogens with zero attached hydrogens (tertiary/aromatic N) is 2. The van der Waals surface area contributed by atoms with Gasteiger partial charge in [-0.25, -0.2) is 4.98 Å². The third-order valence-electron chi connectivity index (χ3n) is 2.45. The fourth-order valence-corrected chi connectivity index (χ4v) is 1.63. The lowest BCUT2D eigenvalue weighted by atomic mass is 10.3. The van der Waals surface area contributed by atoms with Gasteiger partial charge in [-0.3, -0.25) is 0 Å². The van der Waals surface area contributed by atoms with Crippen LogP contribution in [0.2, 0.25) is 0 Å². The zero-order valence-electron chi connectivity index (χ0n) is 9.80. The van der Waals surface area contributed by atoms with Gasteiger partial charge in [0.1, 0.15) is 5.75 Å². The van der Waals surface area contributed by atoms with Crippen LogP contribution in [0.1, 0.15) is 19.9 Å². The van der Waals surface area contributed by atoms with Crippen LogP contribution >= 0.6 is 0 Å². The summed E-state index contributed by atoms with van der Waals surface area (Å²) < 4.78 is 12.4. The number of benzene rings is 1. The van der Waals surface area contributed by atoms with Crippen molar-refractivity contribution < 1.29 is 9.47 Å². The predicted molar refractivity (Wildman–Crippen MR) is 62.6 cm³/mol. The van der Waals surface area contributed by atoms with E-state index in [0.29, 0.717) is 6.04 Å². The minimum Gasteiger partial charge on any atom is -0.467 e. The normalized spacial score (nSPS) is 11.2. The number of hydrogen-bond donors (Lipinski definition) is 0. The predicted octanol–water partition coefficient (Wildman–Crippen LogP) is 2.60. The summed E-state index contributed by atoms with van der Waals surface area (Å²) in [6.45, 7) is 4.52. The van der Waals surface area contributed by atoms with Gasteiger partial charge in [0.2, 0.25) is 0 Å². The smallest absolute Gasteiger partial charge is 0.188 e. The van der Waals surface area contributed by atoms with Crippen LogP contribution in [0.5, 0.6) is 5.75 Å². The van der Waals surface area contributed by atoms with Gasteiger partial charge in [-0.2, -0.15) is 0 Å². The third kappa shape index (κ3) is 2.02. The van der Waals surface area contributed by atoms with Crippen molar-refractivity contribution in [3.8, 4) is 5.75 Å². The average Bonchev–Trinajstić information content (AvgIpc) is 2.69. The van der Waals surface area contributed by atoms with E-state index in [4.69, 9.17) is 9.47 Å². The van der Waals surface area contributed by atoms with E-state index in [0.717, 1.165) is 16.8 Å². The molecule has 0 aliphatic carbocycles. The first-order valence-electron chi connectivity index (χ1n) is 5.30. The molecule has 0 fully saturated rings. The number of ether oxygens (including phenoxy) is 2. The molecule has 1 aromatic heterocycles. The fourth-order valence-electron chi connectivity index (χ4n) is 1.63. The summed E-state index contributed by atoms with van der Waals surface area (Å²) in [4.78, 5) is 4.34. The second-order valence-corrected chi connectivity index (χ2v) is 3.95. The Labute approximate surface area is 94.8 Å². The molecule has 0 amide bonds. The van der Waals surface area contributed by atoms with E-state index < -0.39 is 0 Å². The topological polar surface area (TPSA) is 36.3 Å². The number of rotatable bonds is 4. The Morgan fingerprint density at radius 1 is 1.38 bits per heavy atom. The van der Waals surface area contributed by atoms with Crippen molar-refractivity contribution in [2.24, 2.45) is 0 Å². The Morgan fingerprint density at radius 3 is 2.88 bits per heavy atom. The molecule has 0 saturated heterocycles. The van der Waals surface area contributed by atoms with Crippen LogP contribution in [0, 0.1) is 0 Å². The molecular formula is C12H16N2O2. The molecule has 2 rings (SSSR count). The van der Waals surface area contributed by atoms with Crippen LogP contribution < -0.4 is 4.74 Å². The van der Waals surface area contributed by atoms with Gasteiger partial charge < -0.3 is 14.0 Å². The Kier molecular flexibility index (Phi) is 3.10. The zero-order chi connectivity index (χ0) is 11.5. The van der Waals surface area contributed by atoms with Crippen LogP contribution in [-0.4, -0.2) is 23.5 Å². The monoisotopic (exact) mass is 220 g/mol. The molecule has 0 N–H and O–H groups in total. The van der Waals surface area contributed by atoms with Gasteiger partial charge >= 0.3 is 0 Å². The molecule has 1 heterocycles. The summed E-state index contributed by atoms with van der Waals surface area (Å²) >= 11 is 0. The minimum atomic E-state index is 0.265. The van der Waals surface area contributed by atoms with E-state index in [9.17, 15) is 0 Å². The lowest BCUT2D eigenvalue weighted by Crippen LogP contribution is -2.00. The highest BCUT2D eigenvalue weighted by atomic mass is 16.7. The summed E-state index contributed by atoms with van der Waals surface area (Å²) in [6, 6.07) is 6.24. The maximum absolute atomic E-state index is 5.40. The minimum absolute atomic E-state index is 0.265. The van der Waals surface area contributed by atoms with Crippen molar-refractivity contribution in [3.63, 3.8) is 0 Å². The summed E-state index contributed by atoms with van der Waals surface area (Å²) in [7, 11) is 1.61. The first-order chi connectivity index (χ1) is 7.72. The molecule has 4 heteroatoms. The summed E-state index contributed by atoms with van der Waals surface area (Å²) in [5.41, 5.74) is 2.07. The lowest BCUT2D eigenvalue weighted by Gasteiger charge is -2.09. The number of fused-ring (bicyclic) bond motifs is 1. The Balaban J connectivity index is 2.38. The molecule has 0 saturated carbocycles. The lowest BCUT2D eigenvalue weighted by molar-refractivity contribution is 0.0512. The average molecular weight is 220 g/mol.